The summed E-state index contributed by atoms with van der Waals surface area (Å²) in [6.45, 7) is 0. The maximum absolute atomic E-state index is 11.6. The van der Waals surface area contributed by atoms with Crippen LogP contribution in [-0.4, -0.2) is 34.2 Å². The number of hydrogen-bond acceptors (Lipinski definition) is 5. The van der Waals surface area contributed by atoms with Crippen LogP contribution in [0.4, 0.5) is 5.69 Å². The first kappa shape index (κ1) is 16.5. The van der Waals surface area contributed by atoms with E-state index in [0.29, 0.717) is 27.7 Å². The molecule has 0 saturated carbocycles. The van der Waals surface area contributed by atoms with Gasteiger partial charge < -0.3 is 15.2 Å². The Kier molecular flexibility index (Phi) is 7.03. The lowest BCUT2D eigenvalue weighted by Crippen LogP contribution is -2.11. The highest BCUT2D eigenvalue weighted by Gasteiger charge is 2.11. The molecule has 0 bridgehead atoms. The van der Waals surface area contributed by atoms with Crippen LogP contribution in [0.2, 0.25) is 0 Å². The fraction of sp³-hybridized carbons (Fsp3) is 0.308. The molecule has 1 aromatic carbocycles. The van der Waals surface area contributed by atoms with Crippen molar-refractivity contribution in [2.45, 2.75) is 12.8 Å². The van der Waals surface area contributed by atoms with E-state index in [4.69, 9.17) is 17.3 Å². The zero-order valence-corrected chi connectivity index (χ0v) is 12.6. The van der Waals surface area contributed by atoms with Crippen LogP contribution in [0, 0.1) is 0 Å². The van der Waals surface area contributed by atoms with E-state index < -0.39 is 11.9 Å². The fourth-order valence-electron chi connectivity index (χ4n) is 1.41. The Balaban J connectivity index is 2.53. The third-order valence-corrected chi connectivity index (χ3v) is 3.65. The van der Waals surface area contributed by atoms with E-state index in [2.05, 4.69) is 10.1 Å². The lowest BCUT2D eigenvalue weighted by molar-refractivity contribution is -0.137. The Bertz CT molecular complexity index is 505. The van der Waals surface area contributed by atoms with E-state index in [1.165, 1.54) is 18.9 Å². The molecule has 0 amide bonds. The molecule has 1 aromatic rings. The van der Waals surface area contributed by atoms with Crippen LogP contribution in [0.15, 0.2) is 24.3 Å². The highest BCUT2D eigenvalue weighted by Crippen LogP contribution is 2.19. The van der Waals surface area contributed by atoms with Gasteiger partial charge in [0.1, 0.15) is 4.32 Å². The molecule has 1 rings (SSSR count). The largest absolute Gasteiger partial charge is 0.481 e. The minimum absolute atomic E-state index is 0.119. The first-order valence-corrected chi connectivity index (χ1v) is 7.27. The first-order valence-electron chi connectivity index (χ1n) is 5.87. The minimum atomic E-state index is -0.819. The zero-order valence-electron chi connectivity index (χ0n) is 10.9. The molecule has 108 valence electrons. The molecular formula is C13H15NO4S2. The van der Waals surface area contributed by atoms with Crippen molar-refractivity contribution >= 4 is 45.9 Å². The predicted molar refractivity (Wildman–Crippen MR) is 83.3 cm³/mol. The first-order chi connectivity index (χ1) is 9.54. The molecule has 2 N–H and O–H groups in total. The molecular weight excluding hydrogens is 298 g/mol. The van der Waals surface area contributed by atoms with Crippen molar-refractivity contribution < 1.29 is 19.4 Å². The summed E-state index contributed by atoms with van der Waals surface area (Å²) in [6.07, 6.45) is 0.662. The highest BCUT2D eigenvalue weighted by atomic mass is 32.2. The number of carbonyl (C=O) groups excluding carboxylic acids is 1. The predicted octanol–water partition coefficient (Wildman–Crippen LogP) is 2.77. The summed E-state index contributed by atoms with van der Waals surface area (Å²) in [5.41, 5.74) is 0.985. The van der Waals surface area contributed by atoms with Gasteiger partial charge in [-0.3, -0.25) is 4.79 Å². The summed E-state index contributed by atoms with van der Waals surface area (Å²) in [5, 5.41) is 11.5. The molecule has 20 heavy (non-hydrogen) atoms. The summed E-state index contributed by atoms with van der Waals surface area (Å²) in [6, 6.07) is 6.90. The summed E-state index contributed by atoms with van der Waals surface area (Å²) in [4.78, 5) is 22.0. The van der Waals surface area contributed by atoms with Gasteiger partial charge in [0.15, 0.2) is 0 Å². The number of hydrogen-bond donors (Lipinski definition) is 2. The van der Waals surface area contributed by atoms with Crippen molar-refractivity contribution in [3.8, 4) is 0 Å². The molecule has 0 radical (unpaired) electrons. The van der Waals surface area contributed by atoms with Crippen molar-refractivity contribution in [1.82, 2.24) is 0 Å². The van der Waals surface area contributed by atoms with Gasteiger partial charge in [0, 0.05) is 12.2 Å². The number of carboxylic acid groups (broad SMARTS) is 1. The number of thioether (sulfide) groups is 1. The molecule has 7 heteroatoms. The van der Waals surface area contributed by atoms with E-state index in [0.717, 1.165) is 0 Å². The molecule has 0 fully saturated rings. The van der Waals surface area contributed by atoms with Gasteiger partial charge in [0.25, 0.3) is 0 Å². The maximum atomic E-state index is 11.6. The van der Waals surface area contributed by atoms with Crippen LogP contribution in [0.1, 0.15) is 23.2 Å². The highest BCUT2D eigenvalue weighted by molar-refractivity contribution is 8.23. The molecule has 0 aliphatic carbocycles. The number of anilines is 1. The topological polar surface area (TPSA) is 75.6 Å². The van der Waals surface area contributed by atoms with Crippen molar-refractivity contribution in [2.75, 3.05) is 18.2 Å². The maximum Gasteiger partial charge on any atom is 0.339 e. The smallest absolute Gasteiger partial charge is 0.339 e. The standard InChI is InChI=1S/C13H15NO4S2/c1-18-12(17)9-5-2-3-6-10(9)14-13(19)20-8-4-7-11(15)16/h2-3,5-6H,4,7-8H2,1H3,(H,14,19)(H,15,16). The van der Waals surface area contributed by atoms with Gasteiger partial charge in [-0.2, -0.15) is 0 Å². The molecule has 0 unspecified atom stereocenters. The second kappa shape index (κ2) is 8.55. The van der Waals surface area contributed by atoms with Crippen LogP contribution in [0.25, 0.3) is 0 Å². The van der Waals surface area contributed by atoms with Crippen molar-refractivity contribution in [3.05, 3.63) is 29.8 Å². The lowest BCUT2D eigenvalue weighted by Gasteiger charge is -2.10. The molecule has 0 heterocycles. The number of carboxylic acids is 1. The molecule has 0 spiro atoms. The monoisotopic (exact) mass is 313 g/mol. The summed E-state index contributed by atoms with van der Waals surface area (Å²) in [5.74, 6) is -0.647. The van der Waals surface area contributed by atoms with Gasteiger partial charge in [0.05, 0.1) is 18.4 Å². The van der Waals surface area contributed by atoms with E-state index in [1.54, 1.807) is 24.3 Å². The third-order valence-electron chi connectivity index (χ3n) is 2.34. The number of methoxy groups -OCH3 is 1. The quantitative estimate of drug-likeness (QED) is 0.475. The Hall–Kier alpha value is -1.60. The Morgan fingerprint density at radius 3 is 2.75 bits per heavy atom. The number of para-hydroxylation sites is 1. The Morgan fingerprint density at radius 1 is 1.40 bits per heavy atom. The van der Waals surface area contributed by atoms with Gasteiger partial charge in [-0.25, -0.2) is 4.79 Å². The number of nitrogens with one attached hydrogen (secondary N) is 1. The third kappa shape index (κ3) is 5.58. The molecule has 0 saturated heterocycles. The number of esters is 1. The van der Waals surface area contributed by atoms with Gasteiger partial charge in [-0.1, -0.05) is 36.1 Å². The van der Waals surface area contributed by atoms with Crippen LogP contribution < -0.4 is 5.32 Å². The van der Waals surface area contributed by atoms with E-state index in [-0.39, 0.29) is 6.42 Å². The number of ether oxygens (including phenoxy) is 1. The van der Waals surface area contributed by atoms with Crippen LogP contribution in [0.5, 0.6) is 0 Å². The lowest BCUT2D eigenvalue weighted by atomic mass is 10.2. The number of benzene rings is 1. The summed E-state index contributed by atoms with van der Waals surface area (Å²) >= 11 is 6.50. The number of carbonyl (C=O) groups is 2. The van der Waals surface area contributed by atoms with Crippen LogP contribution in [-0.2, 0) is 9.53 Å². The zero-order chi connectivity index (χ0) is 15.0. The summed E-state index contributed by atoms with van der Waals surface area (Å²) < 4.78 is 5.18. The van der Waals surface area contributed by atoms with Crippen LogP contribution >= 0.6 is 24.0 Å². The molecule has 0 aromatic heterocycles. The van der Waals surface area contributed by atoms with E-state index in [9.17, 15) is 9.59 Å². The molecule has 5 nitrogen and oxygen atoms in total. The minimum Gasteiger partial charge on any atom is -0.481 e. The molecule has 0 aliphatic heterocycles. The molecule has 0 aliphatic rings. The van der Waals surface area contributed by atoms with Gasteiger partial charge in [-0.15, -0.1) is 0 Å². The fourth-order valence-corrected chi connectivity index (χ4v) is 2.43. The van der Waals surface area contributed by atoms with Gasteiger partial charge >= 0.3 is 11.9 Å². The Labute approximate surface area is 126 Å². The van der Waals surface area contributed by atoms with Gasteiger partial charge in [-0.05, 0) is 18.6 Å². The number of aliphatic carboxylic acids is 1. The van der Waals surface area contributed by atoms with Crippen LogP contribution in [0.3, 0.4) is 0 Å². The SMILES string of the molecule is COC(=O)c1ccccc1NC(=S)SCCCC(=O)O. The van der Waals surface area contributed by atoms with Crippen molar-refractivity contribution in [1.29, 1.82) is 0 Å². The normalized spacial score (nSPS) is 9.85. The summed E-state index contributed by atoms with van der Waals surface area (Å²) in [7, 11) is 1.32. The Morgan fingerprint density at radius 2 is 2.10 bits per heavy atom. The van der Waals surface area contributed by atoms with E-state index >= 15 is 0 Å². The number of rotatable bonds is 6. The van der Waals surface area contributed by atoms with Crippen molar-refractivity contribution in [3.63, 3.8) is 0 Å². The number of thiocarbonyl (C=S) groups is 1. The van der Waals surface area contributed by atoms with Gasteiger partial charge in [0.2, 0.25) is 0 Å². The van der Waals surface area contributed by atoms with E-state index in [1.807, 2.05) is 0 Å². The second-order valence-electron chi connectivity index (χ2n) is 3.80. The van der Waals surface area contributed by atoms with Crippen molar-refractivity contribution in [2.24, 2.45) is 0 Å². The molecule has 0 atom stereocenters. The second-order valence-corrected chi connectivity index (χ2v) is 5.57. The average molecular weight is 313 g/mol. The average Bonchev–Trinajstić information content (AvgIpc) is 2.43.